The Bertz CT molecular complexity index is 1860. The molecular formula is C36H40Cl2N4O4S2. The number of methoxy groups -OCH3 is 2. The maximum absolute atomic E-state index is 11.8. The summed E-state index contributed by atoms with van der Waals surface area (Å²) in [5.74, 6) is 4.12. The Kier molecular flexibility index (Phi) is 11.5. The molecule has 2 N–H and O–H groups in total. The van der Waals surface area contributed by atoms with E-state index < -0.39 is 9.84 Å². The lowest BCUT2D eigenvalue weighted by atomic mass is 9.99. The Morgan fingerprint density at radius 2 is 1.48 bits per heavy atom. The van der Waals surface area contributed by atoms with E-state index in [4.69, 9.17) is 37.7 Å². The van der Waals surface area contributed by atoms with Crippen molar-refractivity contribution in [3.8, 4) is 45.3 Å². The van der Waals surface area contributed by atoms with Crippen LogP contribution in [-0.2, 0) is 22.9 Å². The van der Waals surface area contributed by atoms with Gasteiger partial charge in [0.25, 0.3) is 0 Å². The Morgan fingerprint density at radius 3 is 2.21 bits per heavy atom. The lowest BCUT2D eigenvalue weighted by Crippen LogP contribution is -2.37. The van der Waals surface area contributed by atoms with E-state index >= 15 is 0 Å². The van der Waals surface area contributed by atoms with Gasteiger partial charge in [-0.1, -0.05) is 59.6 Å². The molecule has 2 aromatic carbocycles. The number of hydrogen-bond acceptors (Lipinski definition) is 9. The molecule has 0 saturated carbocycles. The van der Waals surface area contributed by atoms with Crippen molar-refractivity contribution in [2.24, 2.45) is 0 Å². The molecule has 2 fully saturated rings. The Hall–Kier alpha value is -2.86. The maximum Gasteiger partial charge on any atom is 0.218 e. The minimum Gasteiger partial charge on any atom is -0.496 e. The molecule has 0 radical (unpaired) electrons. The zero-order chi connectivity index (χ0) is 33.7. The number of hydrogen-bond donors (Lipinski definition) is 2. The van der Waals surface area contributed by atoms with E-state index in [-0.39, 0.29) is 17.5 Å². The van der Waals surface area contributed by atoms with Crippen molar-refractivity contribution in [3.63, 3.8) is 0 Å². The number of sulfone groups is 1. The largest absolute Gasteiger partial charge is 0.496 e. The topological polar surface area (TPSA) is 102 Å². The molecule has 48 heavy (non-hydrogen) atoms. The zero-order valence-corrected chi connectivity index (χ0v) is 30.2. The molecule has 0 unspecified atom stereocenters. The third-order valence-corrected chi connectivity index (χ3v) is 12.6. The van der Waals surface area contributed by atoms with Gasteiger partial charge in [0, 0.05) is 64.8 Å². The molecule has 0 bridgehead atoms. The first-order valence-corrected chi connectivity index (χ1v) is 19.9. The third kappa shape index (κ3) is 8.12. The van der Waals surface area contributed by atoms with E-state index in [1.165, 1.54) is 24.3 Å². The smallest absolute Gasteiger partial charge is 0.218 e. The summed E-state index contributed by atoms with van der Waals surface area (Å²) in [6, 6.07) is 18.3. The second-order valence-corrected chi connectivity index (χ2v) is 16.4. The molecular weight excluding hydrogens is 687 g/mol. The first-order chi connectivity index (χ1) is 23.3. The van der Waals surface area contributed by atoms with E-state index in [0.29, 0.717) is 65.0 Å². The summed E-state index contributed by atoms with van der Waals surface area (Å²) in [7, 11) is 0.371. The lowest BCUT2D eigenvalue weighted by molar-refractivity contribution is 0.387. The van der Waals surface area contributed by atoms with Crippen molar-refractivity contribution in [3.05, 3.63) is 82.0 Å². The standard InChI is InChI=1S/C36H40Cl2N4O4S2/c1-45-32-20-23(6-7-24(32)21-40-27-13-18-48(43,44)19-14-27)35-34(38)29(10-15-39-35)28-4-3-5-30(33(28)37)31-9-8-25(36(42-31)46-2)22-41-26-11-16-47-17-12-26/h3-10,15,20,26-27,40-41H,11-14,16-19,21-22H2,1-2H3. The van der Waals surface area contributed by atoms with Gasteiger partial charge in [-0.2, -0.15) is 11.8 Å². The second-order valence-electron chi connectivity index (χ2n) is 12.2. The molecule has 2 aliphatic rings. The molecule has 6 rings (SSSR count). The van der Waals surface area contributed by atoms with Crippen LogP contribution in [0.3, 0.4) is 0 Å². The van der Waals surface area contributed by atoms with Gasteiger partial charge in [0.15, 0.2) is 0 Å². The molecule has 0 spiro atoms. The van der Waals surface area contributed by atoms with Crippen LogP contribution in [0.4, 0.5) is 0 Å². The van der Waals surface area contributed by atoms with Gasteiger partial charge in [0.1, 0.15) is 15.6 Å². The Balaban J connectivity index is 1.22. The van der Waals surface area contributed by atoms with Crippen LogP contribution in [0.2, 0.25) is 10.0 Å². The number of nitrogens with zero attached hydrogens (tertiary/aromatic N) is 2. The van der Waals surface area contributed by atoms with E-state index in [2.05, 4.69) is 21.7 Å². The minimum absolute atomic E-state index is 0.156. The van der Waals surface area contributed by atoms with Gasteiger partial charge in [0.05, 0.1) is 47.2 Å². The van der Waals surface area contributed by atoms with E-state index in [1.807, 2.05) is 60.3 Å². The quantitative estimate of drug-likeness (QED) is 0.163. The van der Waals surface area contributed by atoms with Crippen LogP contribution in [0.25, 0.3) is 33.6 Å². The maximum atomic E-state index is 11.8. The third-order valence-electron chi connectivity index (χ3n) is 9.09. The van der Waals surface area contributed by atoms with Crippen LogP contribution in [0.1, 0.15) is 36.8 Å². The molecule has 4 aromatic rings. The predicted molar refractivity (Wildman–Crippen MR) is 197 cm³/mol. The first kappa shape index (κ1) is 35.0. The molecule has 2 saturated heterocycles. The van der Waals surface area contributed by atoms with Crippen molar-refractivity contribution >= 4 is 44.8 Å². The van der Waals surface area contributed by atoms with Crippen molar-refractivity contribution in [2.45, 2.75) is 50.9 Å². The van der Waals surface area contributed by atoms with E-state index in [9.17, 15) is 8.42 Å². The summed E-state index contributed by atoms with van der Waals surface area (Å²) in [5.41, 5.74) is 6.41. The molecule has 0 aliphatic carbocycles. The van der Waals surface area contributed by atoms with Crippen LogP contribution < -0.4 is 20.1 Å². The fraction of sp³-hybridized carbons (Fsp3) is 0.389. The van der Waals surface area contributed by atoms with Gasteiger partial charge >= 0.3 is 0 Å². The average molecular weight is 728 g/mol. The number of benzene rings is 2. The van der Waals surface area contributed by atoms with Crippen LogP contribution in [0.5, 0.6) is 11.6 Å². The number of aromatic nitrogens is 2. The Labute approximate surface area is 297 Å². The summed E-state index contributed by atoms with van der Waals surface area (Å²) >= 11 is 16.2. The fourth-order valence-corrected chi connectivity index (χ4v) is 9.51. The summed E-state index contributed by atoms with van der Waals surface area (Å²) < 4.78 is 35.0. The highest BCUT2D eigenvalue weighted by Gasteiger charge is 2.24. The normalized spacial score (nSPS) is 16.9. The number of rotatable bonds is 11. The van der Waals surface area contributed by atoms with Crippen LogP contribution in [-0.4, -0.2) is 67.7 Å². The number of pyridine rings is 2. The van der Waals surface area contributed by atoms with Crippen molar-refractivity contribution in [1.29, 1.82) is 0 Å². The van der Waals surface area contributed by atoms with Gasteiger partial charge in [0.2, 0.25) is 5.88 Å². The van der Waals surface area contributed by atoms with Gasteiger partial charge < -0.3 is 20.1 Å². The van der Waals surface area contributed by atoms with Gasteiger partial charge in [-0.3, -0.25) is 4.98 Å². The highest BCUT2D eigenvalue weighted by Crippen LogP contribution is 2.42. The predicted octanol–water partition coefficient (Wildman–Crippen LogP) is 7.45. The molecule has 0 atom stereocenters. The van der Waals surface area contributed by atoms with Gasteiger partial charge in [-0.25, -0.2) is 13.4 Å². The highest BCUT2D eigenvalue weighted by atomic mass is 35.5. The average Bonchev–Trinajstić information content (AvgIpc) is 3.11. The molecule has 12 heteroatoms. The monoisotopic (exact) mass is 726 g/mol. The molecule has 2 aliphatic heterocycles. The molecule has 254 valence electrons. The van der Waals surface area contributed by atoms with Crippen LogP contribution >= 0.6 is 35.0 Å². The number of nitrogens with one attached hydrogen (secondary N) is 2. The number of thioether (sulfide) groups is 1. The molecule has 2 aromatic heterocycles. The SMILES string of the molecule is COc1cc(-c2nccc(-c3cccc(-c4ccc(CNC5CCSCC5)c(OC)n4)c3Cl)c2Cl)ccc1CNC1CCS(=O)(=O)CC1. The molecule has 0 amide bonds. The van der Waals surface area contributed by atoms with Crippen molar-refractivity contribution in [1.82, 2.24) is 20.6 Å². The zero-order valence-electron chi connectivity index (χ0n) is 27.1. The molecule has 4 heterocycles. The summed E-state index contributed by atoms with van der Waals surface area (Å²) in [6.45, 7) is 1.26. The van der Waals surface area contributed by atoms with Crippen molar-refractivity contribution in [2.75, 3.05) is 37.2 Å². The summed E-state index contributed by atoms with van der Waals surface area (Å²) in [6.07, 6.45) is 5.31. The molecule has 8 nitrogen and oxygen atoms in total. The van der Waals surface area contributed by atoms with Gasteiger partial charge in [-0.05, 0) is 55.4 Å². The minimum atomic E-state index is -2.91. The summed E-state index contributed by atoms with van der Waals surface area (Å²) in [5, 5.41) is 8.16. The fourth-order valence-electron chi connectivity index (χ4n) is 6.26. The number of halogens is 2. The first-order valence-electron chi connectivity index (χ1n) is 16.2. The van der Waals surface area contributed by atoms with Crippen LogP contribution in [0.15, 0.2) is 60.8 Å². The summed E-state index contributed by atoms with van der Waals surface area (Å²) in [4.78, 5) is 9.47. The van der Waals surface area contributed by atoms with E-state index in [1.54, 1.807) is 20.4 Å². The Morgan fingerprint density at radius 1 is 0.812 bits per heavy atom. The second kappa shape index (κ2) is 15.8. The van der Waals surface area contributed by atoms with Crippen LogP contribution in [0, 0.1) is 0 Å². The van der Waals surface area contributed by atoms with E-state index in [0.717, 1.165) is 33.4 Å². The number of ether oxygens (including phenoxy) is 2. The van der Waals surface area contributed by atoms with Crippen molar-refractivity contribution < 1.29 is 17.9 Å². The highest BCUT2D eigenvalue weighted by molar-refractivity contribution is 7.99. The van der Waals surface area contributed by atoms with Gasteiger partial charge in [-0.15, -0.1) is 0 Å². The lowest BCUT2D eigenvalue weighted by Gasteiger charge is -2.23.